The Bertz CT molecular complexity index is 303. The largest absolute Gasteiger partial charge is 0.382 e. The highest BCUT2D eigenvalue weighted by molar-refractivity contribution is 6.39. The minimum Gasteiger partial charge on any atom is -0.382 e. The standard InChI is InChI=1S/C10H12Cl2FN/c1-6(2)5-14-10-8(11)3-7(13)4-9(10)12/h3-4,6,14H,5H2,1-2H3. The number of rotatable bonds is 3. The van der Waals surface area contributed by atoms with Gasteiger partial charge in [0.2, 0.25) is 0 Å². The molecule has 0 atom stereocenters. The SMILES string of the molecule is CC(C)CNc1c(Cl)cc(F)cc1Cl. The Kier molecular flexibility index (Phi) is 4.02. The number of nitrogens with one attached hydrogen (secondary N) is 1. The molecular weight excluding hydrogens is 224 g/mol. The molecule has 0 heterocycles. The molecule has 4 heteroatoms. The summed E-state index contributed by atoms with van der Waals surface area (Å²) in [6.07, 6.45) is 0. The molecule has 1 rings (SSSR count). The average molecular weight is 236 g/mol. The van der Waals surface area contributed by atoms with Crippen molar-refractivity contribution in [3.8, 4) is 0 Å². The number of halogens is 3. The van der Waals surface area contributed by atoms with E-state index in [0.29, 0.717) is 21.7 Å². The van der Waals surface area contributed by atoms with Gasteiger partial charge in [0.1, 0.15) is 5.82 Å². The van der Waals surface area contributed by atoms with Crippen LogP contribution in [0.2, 0.25) is 10.0 Å². The lowest BCUT2D eigenvalue weighted by Gasteiger charge is -2.12. The second kappa shape index (κ2) is 4.85. The fourth-order valence-corrected chi connectivity index (χ4v) is 1.61. The highest BCUT2D eigenvalue weighted by atomic mass is 35.5. The topological polar surface area (TPSA) is 12.0 Å². The average Bonchev–Trinajstić information content (AvgIpc) is 2.01. The molecule has 1 N–H and O–H groups in total. The second-order valence-electron chi connectivity index (χ2n) is 3.52. The van der Waals surface area contributed by atoms with Gasteiger partial charge in [-0.25, -0.2) is 4.39 Å². The fourth-order valence-electron chi connectivity index (χ4n) is 1.02. The predicted octanol–water partition coefficient (Wildman–Crippen LogP) is 4.20. The van der Waals surface area contributed by atoms with Crippen molar-refractivity contribution in [2.75, 3.05) is 11.9 Å². The highest BCUT2D eigenvalue weighted by Gasteiger charge is 2.08. The molecule has 1 aromatic rings. The first-order chi connectivity index (χ1) is 6.50. The molecule has 0 aromatic heterocycles. The van der Waals surface area contributed by atoms with E-state index in [9.17, 15) is 4.39 Å². The molecule has 0 spiro atoms. The van der Waals surface area contributed by atoms with Crippen molar-refractivity contribution in [2.24, 2.45) is 5.92 Å². The molecule has 14 heavy (non-hydrogen) atoms. The van der Waals surface area contributed by atoms with Crippen LogP contribution in [0.1, 0.15) is 13.8 Å². The van der Waals surface area contributed by atoms with E-state index in [4.69, 9.17) is 23.2 Å². The number of benzene rings is 1. The fraction of sp³-hybridized carbons (Fsp3) is 0.400. The van der Waals surface area contributed by atoms with Crippen molar-refractivity contribution < 1.29 is 4.39 Å². The van der Waals surface area contributed by atoms with Gasteiger partial charge in [-0.3, -0.25) is 0 Å². The molecule has 0 unspecified atom stereocenters. The van der Waals surface area contributed by atoms with Gasteiger partial charge in [0, 0.05) is 6.54 Å². The third-order valence-electron chi connectivity index (χ3n) is 1.69. The molecule has 1 nitrogen and oxygen atoms in total. The van der Waals surface area contributed by atoms with Gasteiger partial charge in [-0.15, -0.1) is 0 Å². The summed E-state index contributed by atoms with van der Waals surface area (Å²) in [7, 11) is 0. The van der Waals surface area contributed by atoms with Gasteiger partial charge in [-0.2, -0.15) is 0 Å². The highest BCUT2D eigenvalue weighted by Crippen LogP contribution is 2.31. The zero-order valence-corrected chi connectivity index (χ0v) is 9.58. The van der Waals surface area contributed by atoms with E-state index in [1.54, 1.807) is 0 Å². The van der Waals surface area contributed by atoms with Crippen molar-refractivity contribution in [2.45, 2.75) is 13.8 Å². The summed E-state index contributed by atoms with van der Waals surface area (Å²) >= 11 is 11.7. The maximum atomic E-state index is 12.8. The van der Waals surface area contributed by atoms with Crippen LogP contribution in [-0.4, -0.2) is 6.54 Å². The van der Waals surface area contributed by atoms with E-state index in [0.717, 1.165) is 6.54 Å². The smallest absolute Gasteiger partial charge is 0.126 e. The lowest BCUT2D eigenvalue weighted by Crippen LogP contribution is -2.08. The van der Waals surface area contributed by atoms with Crippen LogP contribution in [0, 0.1) is 11.7 Å². The predicted molar refractivity (Wildman–Crippen MR) is 59.7 cm³/mol. The third-order valence-corrected chi connectivity index (χ3v) is 2.29. The molecule has 78 valence electrons. The number of anilines is 1. The normalized spacial score (nSPS) is 10.7. The molecule has 0 fully saturated rings. The quantitative estimate of drug-likeness (QED) is 0.829. The Morgan fingerprint density at radius 3 is 2.21 bits per heavy atom. The summed E-state index contributed by atoms with van der Waals surface area (Å²) in [4.78, 5) is 0. The lowest BCUT2D eigenvalue weighted by molar-refractivity contribution is 0.628. The molecule has 0 aliphatic rings. The summed E-state index contributed by atoms with van der Waals surface area (Å²) in [5.41, 5.74) is 0.600. The molecule has 0 saturated carbocycles. The first-order valence-electron chi connectivity index (χ1n) is 4.39. The minimum atomic E-state index is -0.421. The van der Waals surface area contributed by atoms with Crippen LogP contribution in [0.4, 0.5) is 10.1 Å². The third kappa shape index (κ3) is 3.03. The van der Waals surface area contributed by atoms with Gasteiger partial charge in [-0.05, 0) is 18.1 Å². The molecular formula is C10H12Cl2FN. The summed E-state index contributed by atoms with van der Waals surface area (Å²) in [5.74, 6) is 0.0577. The van der Waals surface area contributed by atoms with Gasteiger partial charge < -0.3 is 5.32 Å². The second-order valence-corrected chi connectivity index (χ2v) is 4.33. The molecule has 0 aliphatic heterocycles. The molecule has 0 radical (unpaired) electrons. The van der Waals surface area contributed by atoms with E-state index in [-0.39, 0.29) is 0 Å². The minimum absolute atomic E-state index is 0.315. The zero-order valence-electron chi connectivity index (χ0n) is 8.07. The molecule has 0 amide bonds. The van der Waals surface area contributed by atoms with Crippen LogP contribution in [0.25, 0.3) is 0 Å². The van der Waals surface area contributed by atoms with E-state index in [2.05, 4.69) is 19.2 Å². The van der Waals surface area contributed by atoms with Crippen molar-refractivity contribution >= 4 is 28.9 Å². The summed E-state index contributed by atoms with van der Waals surface area (Å²) < 4.78 is 12.8. The first kappa shape index (κ1) is 11.6. The van der Waals surface area contributed by atoms with Crippen LogP contribution in [-0.2, 0) is 0 Å². The van der Waals surface area contributed by atoms with E-state index < -0.39 is 5.82 Å². The van der Waals surface area contributed by atoms with Crippen LogP contribution in [0.15, 0.2) is 12.1 Å². The van der Waals surface area contributed by atoms with Crippen molar-refractivity contribution in [1.82, 2.24) is 0 Å². The Balaban J connectivity index is 2.86. The van der Waals surface area contributed by atoms with E-state index >= 15 is 0 Å². The maximum Gasteiger partial charge on any atom is 0.126 e. The van der Waals surface area contributed by atoms with Crippen molar-refractivity contribution in [3.63, 3.8) is 0 Å². The van der Waals surface area contributed by atoms with Gasteiger partial charge >= 0.3 is 0 Å². The van der Waals surface area contributed by atoms with Gasteiger partial charge in [0.15, 0.2) is 0 Å². The monoisotopic (exact) mass is 235 g/mol. The molecule has 0 saturated heterocycles. The molecule has 0 bridgehead atoms. The Morgan fingerprint density at radius 1 is 1.29 bits per heavy atom. The van der Waals surface area contributed by atoms with Crippen molar-refractivity contribution in [3.05, 3.63) is 28.0 Å². The number of hydrogen-bond donors (Lipinski definition) is 1. The van der Waals surface area contributed by atoms with Crippen LogP contribution in [0.5, 0.6) is 0 Å². The summed E-state index contributed by atoms with van der Waals surface area (Å²) in [6, 6.07) is 2.49. The Morgan fingerprint density at radius 2 is 1.79 bits per heavy atom. The summed E-state index contributed by atoms with van der Waals surface area (Å²) in [5, 5.41) is 3.71. The Labute approximate surface area is 93.2 Å². The lowest BCUT2D eigenvalue weighted by atomic mass is 10.2. The first-order valence-corrected chi connectivity index (χ1v) is 5.14. The molecule has 1 aromatic carbocycles. The van der Waals surface area contributed by atoms with Crippen molar-refractivity contribution in [1.29, 1.82) is 0 Å². The van der Waals surface area contributed by atoms with Gasteiger partial charge in [-0.1, -0.05) is 37.0 Å². The van der Waals surface area contributed by atoms with Crippen LogP contribution in [0.3, 0.4) is 0 Å². The van der Waals surface area contributed by atoms with Gasteiger partial charge in [0.05, 0.1) is 15.7 Å². The Hall–Kier alpha value is -0.470. The number of hydrogen-bond acceptors (Lipinski definition) is 1. The van der Waals surface area contributed by atoms with E-state index in [1.165, 1.54) is 12.1 Å². The molecule has 0 aliphatic carbocycles. The van der Waals surface area contributed by atoms with Crippen LogP contribution >= 0.6 is 23.2 Å². The van der Waals surface area contributed by atoms with Crippen LogP contribution < -0.4 is 5.32 Å². The maximum absolute atomic E-state index is 12.8. The van der Waals surface area contributed by atoms with Gasteiger partial charge in [0.25, 0.3) is 0 Å². The zero-order chi connectivity index (χ0) is 10.7. The summed E-state index contributed by atoms with van der Waals surface area (Å²) in [6.45, 7) is 4.89. The van der Waals surface area contributed by atoms with E-state index in [1.807, 2.05) is 0 Å².